The summed E-state index contributed by atoms with van der Waals surface area (Å²) in [5, 5.41) is 9.78. The molecule has 0 amide bonds. The van der Waals surface area contributed by atoms with E-state index in [1.165, 1.54) is 372 Å². The predicted molar refractivity (Wildman–Crippen MR) is 406 cm³/mol. The van der Waals surface area contributed by atoms with Crippen LogP contribution in [0.25, 0.3) is 0 Å². The average molecular weight is 1330 g/mol. The van der Waals surface area contributed by atoms with Crippen LogP contribution in [0.1, 0.15) is 444 Å². The van der Waals surface area contributed by atoms with Gasteiger partial charge < -0.3 is 28.5 Å². The van der Waals surface area contributed by atoms with Gasteiger partial charge in [0.15, 0.2) is 6.10 Å². The number of hydrogen-bond acceptors (Lipinski definition) is 7. The molecule has 0 heterocycles. The van der Waals surface area contributed by atoms with Gasteiger partial charge in [-0.1, -0.05) is 411 Å². The Hall–Kier alpha value is -2.23. The van der Waals surface area contributed by atoms with Crippen LogP contribution in [0.5, 0.6) is 0 Å². The second-order valence-electron chi connectivity index (χ2n) is 30.2. The molecule has 2 atom stereocenters. The van der Waals surface area contributed by atoms with Crippen molar-refractivity contribution in [1.82, 2.24) is 0 Å². The van der Waals surface area contributed by atoms with Crippen LogP contribution in [0.15, 0.2) is 24.3 Å². The van der Waals surface area contributed by atoms with Gasteiger partial charge in [-0.15, -0.1) is 0 Å². The molecule has 9 nitrogen and oxygen atoms in total. The molecule has 9 heteroatoms. The normalized spacial score (nSPS) is 12.6. The summed E-state index contributed by atoms with van der Waals surface area (Å²) in [5.41, 5.74) is 0. The molecule has 0 aromatic heterocycles. The Morgan fingerprint density at radius 1 is 0.319 bits per heavy atom. The molecule has 0 aromatic carbocycles. The van der Waals surface area contributed by atoms with Crippen LogP contribution in [0, 0.1) is 0 Å². The third-order valence-corrected chi connectivity index (χ3v) is 19.5. The van der Waals surface area contributed by atoms with Crippen LogP contribution >= 0.6 is 0 Å². The lowest BCUT2D eigenvalue weighted by atomic mass is 10.0. The molecule has 0 aliphatic heterocycles. The number of rotatable bonds is 80. The molecule has 0 fully saturated rings. The van der Waals surface area contributed by atoms with Crippen molar-refractivity contribution in [3.8, 4) is 0 Å². The Bertz CT molecular complexity index is 1590. The van der Waals surface area contributed by atoms with Gasteiger partial charge in [0.25, 0.3) is 6.29 Å². The molecule has 0 radical (unpaired) electrons. The van der Waals surface area contributed by atoms with Gasteiger partial charge in [0.2, 0.25) is 0 Å². The van der Waals surface area contributed by atoms with Gasteiger partial charge in [0, 0.05) is 12.8 Å². The molecule has 0 rings (SSSR count). The third-order valence-electron chi connectivity index (χ3n) is 19.5. The van der Waals surface area contributed by atoms with E-state index >= 15 is 0 Å². The molecule has 0 aromatic rings. The van der Waals surface area contributed by atoms with Crippen molar-refractivity contribution < 1.29 is 42.9 Å². The maximum absolute atomic E-state index is 13.0. The van der Waals surface area contributed by atoms with E-state index in [-0.39, 0.29) is 38.2 Å². The van der Waals surface area contributed by atoms with Crippen LogP contribution in [0.2, 0.25) is 0 Å². The highest BCUT2D eigenvalue weighted by Gasteiger charge is 2.25. The lowest BCUT2D eigenvalue weighted by Crippen LogP contribution is -2.40. The molecular weight excluding hydrogens is 1160 g/mol. The summed E-state index contributed by atoms with van der Waals surface area (Å²) in [4.78, 5) is 37.7. The third kappa shape index (κ3) is 77.1. The summed E-state index contributed by atoms with van der Waals surface area (Å²) in [5.74, 6) is -1.97. The number of carboxylic acids is 1. The number of aliphatic carboxylic acids is 1. The van der Waals surface area contributed by atoms with Gasteiger partial charge >= 0.3 is 17.9 Å². The van der Waals surface area contributed by atoms with E-state index < -0.39 is 18.4 Å². The van der Waals surface area contributed by atoms with Crippen molar-refractivity contribution in [2.24, 2.45) is 0 Å². The molecule has 0 aliphatic rings. The molecule has 1 N–H and O–H groups in total. The lowest BCUT2D eigenvalue weighted by Gasteiger charge is -2.25. The second-order valence-corrected chi connectivity index (χ2v) is 30.2. The second kappa shape index (κ2) is 76.5. The van der Waals surface area contributed by atoms with E-state index in [0.717, 1.165) is 44.9 Å². The number of unbranched alkanes of at least 4 members (excludes halogenated alkanes) is 61. The highest BCUT2D eigenvalue weighted by molar-refractivity contribution is 5.71. The van der Waals surface area contributed by atoms with E-state index in [9.17, 15) is 19.5 Å². The number of nitrogens with zero attached hydrogens (tertiary/aromatic N) is 1. The van der Waals surface area contributed by atoms with Crippen molar-refractivity contribution >= 4 is 17.9 Å². The predicted octanol–water partition coefficient (Wildman–Crippen LogP) is 26.9. The average Bonchev–Trinajstić information content (AvgIpc) is 3.72. The van der Waals surface area contributed by atoms with Crippen molar-refractivity contribution in [1.29, 1.82) is 0 Å². The van der Waals surface area contributed by atoms with E-state index in [2.05, 4.69) is 38.2 Å². The van der Waals surface area contributed by atoms with Crippen LogP contribution in [0.4, 0.5) is 0 Å². The number of ether oxygens (including phenoxy) is 4. The number of carbonyl (C=O) groups is 3. The Morgan fingerprint density at radius 2 is 0.574 bits per heavy atom. The van der Waals surface area contributed by atoms with Crippen LogP contribution in [0.3, 0.4) is 0 Å². The van der Waals surface area contributed by atoms with E-state index in [1.807, 2.05) is 21.1 Å². The zero-order valence-corrected chi connectivity index (χ0v) is 63.9. The first-order valence-corrected chi connectivity index (χ1v) is 42.0. The van der Waals surface area contributed by atoms with E-state index in [4.69, 9.17) is 18.9 Å². The minimum atomic E-state index is -1.51. The zero-order valence-electron chi connectivity index (χ0n) is 63.9. The van der Waals surface area contributed by atoms with Gasteiger partial charge in [-0.2, -0.15) is 0 Å². The van der Waals surface area contributed by atoms with Crippen molar-refractivity contribution in [3.05, 3.63) is 24.3 Å². The topological polar surface area (TPSA) is 108 Å². The number of allylic oxidation sites excluding steroid dienone is 4. The van der Waals surface area contributed by atoms with E-state index in [1.54, 1.807) is 0 Å². The number of hydrogen-bond donors (Lipinski definition) is 1. The maximum Gasteiger partial charge on any atom is 0.361 e. The summed E-state index contributed by atoms with van der Waals surface area (Å²) in [6.07, 6.45) is 95.1. The Balaban J connectivity index is 3.91. The van der Waals surface area contributed by atoms with Crippen LogP contribution in [-0.2, 0) is 33.3 Å². The van der Waals surface area contributed by atoms with Crippen molar-refractivity contribution in [2.45, 2.75) is 456 Å². The van der Waals surface area contributed by atoms with Crippen molar-refractivity contribution in [3.63, 3.8) is 0 Å². The lowest BCUT2D eigenvalue weighted by molar-refractivity contribution is -0.870. The number of carbonyl (C=O) groups excluding carboxylic acids is 2. The van der Waals surface area contributed by atoms with Gasteiger partial charge in [0.1, 0.15) is 13.2 Å². The maximum atomic E-state index is 13.0. The Labute approximate surface area is 586 Å². The van der Waals surface area contributed by atoms with E-state index in [0.29, 0.717) is 17.4 Å². The Kier molecular flexibility index (Phi) is 74.7. The van der Waals surface area contributed by atoms with Gasteiger partial charge in [-0.05, 0) is 44.9 Å². The minimum Gasteiger partial charge on any atom is -0.477 e. The molecular formula is C85H164NO8+. The molecule has 0 aliphatic carbocycles. The molecule has 0 bridgehead atoms. The monoisotopic (exact) mass is 1330 g/mol. The van der Waals surface area contributed by atoms with Gasteiger partial charge in [-0.3, -0.25) is 9.59 Å². The quantitative estimate of drug-likeness (QED) is 0.0211. The summed E-state index contributed by atoms with van der Waals surface area (Å²) in [6, 6.07) is 0. The first-order chi connectivity index (χ1) is 46.1. The zero-order chi connectivity index (χ0) is 68.2. The Morgan fingerprint density at radius 3 is 0.840 bits per heavy atom. The van der Waals surface area contributed by atoms with Crippen molar-refractivity contribution in [2.75, 3.05) is 47.5 Å². The fourth-order valence-corrected chi connectivity index (χ4v) is 13.1. The first-order valence-electron chi connectivity index (χ1n) is 42.0. The smallest absolute Gasteiger partial charge is 0.361 e. The SMILES string of the molecule is CCCCCCC/C=C\C/C=C\CCCCCCCCCCCCCCCCCCCC(=O)OC(COC(=O)CCCCCCCCCCCCCCCCCCCCCCCCCCCCCCCCCCCCCCCCCC)COC(OCC[N+](C)(C)C)C(=O)O. The molecule has 0 saturated heterocycles. The van der Waals surface area contributed by atoms with Crippen LogP contribution in [-0.4, -0.2) is 87.4 Å². The molecule has 2 unspecified atom stereocenters. The summed E-state index contributed by atoms with van der Waals surface area (Å²) in [6.45, 7) is 4.96. The molecule has 0 saturated carbocycles. The summed E-state index contributed by atoms with van der Waals surface area (Å²) < 4.78 is 23.1. The molecule has 556 valence electrons. The number of esters is 2. The summed E-state index contributed by atoms with van der Waals surface area (Å²) >= 11 is 0. The highest BCUT2D eigenvalue weighted by atomic mass is 16.7. The molecule has 0 spiro atoms. The van der Waals surface area contributed by atoms with Crippen LogP contribution < -0.4 is 0 Å². The minimum absolute atomic E-state index is 0.174. The number of likely N-dealkylation sites (N-methyl/N-ethyl adjacent to an activating group) is 1. The fraction of sp³-hybridized carbons (Fsp3) is 0.918. The largest absolute Gasteiger partial charge is 0.477 e. The van der Waals surface area contributed by atoms with Gasteiger partial charge in [0.05, 0.1) is 34.4 Å². The fourth-order valence-electron chi connectivity index (χ4n) is 13.1. The number of quaternary nitrogens is 1. The highest BCUT2D eigenvalue weighted by Crippen LogP contribution is 2.21. The van der Waals surface area contributed by atoms with Gasteiger partial charge in [-0.25, -0.2) is 4.79 Å². The molecule has 94 heavy (non-hydrogen) atoms. The first kappa shape index (κ1) is 91.8. The standard InChI is InChI=1S/C85H163NO8/c1-6-8-10-12-14-16-18-20-22-24-26-28-30-32-34-36-37-38-39-40-41-42-43-44-45-46-48-49-51-53-55-57-59-61-63-65-67-69-71-73-75-82(87)92-79-81(80-93-85(84(89)90)91-78-77-86(3,4)5)94-83(88)76-74-72-70-68-66-64-62-60-58-56-54-52-50-47-35-33-31-29-27-25-23-21-19-17-15-13-11-9-7-2/h19,21,25,27,81,85H,6-18,20,22-24,26,28-80H2,1-5H3/p+1/b21-19-,27-25-. The number of carboxylic acid groups (broad SMARTS) is 1. The summed E-state index contributed by atoms with van der Waals surface area (Å²) in [7, 11) is 6.00.